The molecule has 13 heavy (non-hydrogen) atoms. The SMILES string of the molecule is CSCc1ccc2c(c1)ncn2C. The molecular formula is C10H12N2S. The second-order valence-corrected chi connectivity index (χ2v) is 3.98. The van der Waals surface area contributed by atoms with Gasteiger partial charge in [-0.05, 0) is 24.0 Å². The maximum atomic E-state index is 4.31. The summed E-state index contributed by atoms with van der Waals surface area (Å²) in [6, 6.07) is 6.46. The molecule has 0 aliphatic heterocycles. The zero-order chi connectivity index (χ0) is 9.26. The lowest BCUT2D eigenvalue weighted by Crippen LogP contribution is -1.84. The number of nitrogens with zero attached hydrogens (tertiary/aromatic N) is 2. The predicted molar refractivity (Wildman–Crippen MR) is 57.9 cm³/mol. The predicted octanol–water partition coefficient (Wildman–Crippen LogP) is 2.44. The second kappa shape index (κ2) is 3.42. The Morgan fingerprint density at radius 3 is 3.08 bits per heavy atom. The minimum absolute atomic E-state index is 1.06. The van der Waals surface area contributed by atoms with Crippen molar-refractivity contribution < 1.29 is 0 Å². The number of hydrogen-bond donors (Lipinski definition) is 0. The van der Waals surface area contributed by atoms with E-state index in [-0.39, 0.29) is 0 Å². The molecule has 68 valence electrons. The van der Waals surface area contributed by atoms with Crippen LogP contribution in [-0.2, 0) is 12.8 Å². The van der Waals surface area contributed by atoms with Crippen molar-refractivity contribution in [1.29, 1.82) is 0 Å². The lowest BCUT2D eigenvalue weighted by Gasteiger charge is -1.98. The van der Waals surface area contributed by atoms with Gasteiger partial charge in [-0.1, -0.05) is 6.07 Å². The van der Waals surface area contributed by atoms with Gasteiger partial charge in [-0.15, -0.1) is 0 Å². The van der Waals surface area contributed by atoms with Crippen molar-refractivity contribution in [1.82, 2.24) is 9.55 Å². The Bertz CT molecular complexity index is 420. The summed E-state index contributed by atoms with van der Waals surface area (Å²) in [7, 11) is 2.02. The van der Waals surface area contributed by atoms with Gasteiger partial charge in [-0.2, -0.15) is 11.8 Å². The van der Waals surface area contributed by atoms with E-state index in [1.165, 1.54) is 11.1 Å². The standard InChI is InChI=1S/C10H12N2S/c1-12-7-11-9-5-8(6-13-2)3-4-10(9)12/h3-5,7H,6H2,1-2H3. The van der Waals surface area contributed by atoms with E-state index in [0.717, 1.165) is 11.3 Å². The molecule has 0 aliphatic rings. The Balaban J connectivity index is 2.50. The van der Waals surface area contributed by atoms with Gasteiger partial charge in [-0.3, -0.25) is 0 Å². The molecule has 0 radical (unpaired) electrons. The molecule has 1 aromatic heterocycles. The number of rotatable bonds is 2. The molecule has 0 bridgehead atoms. The molecule has 2 rings (SSSR count). The van der Waals surface area contributed by atoms with Crippen LogP contribution in [0.3, 0.4) is 0 Å². The van der Waals surface area contributed by atoms with Gasteiger partial charge in [0, 0.05) is 12.8 Å². The molecule has 0 unspecified atom stereocenters. The van der Waals surface area contributed by atoms with Crippen molar-refractivity contribution in [2.24, 2.45) is 7.05 Å². The third-order valence-corrected chi connectivity index (χ3v) is 2.72. The number of aryl methyl sites for hydroxylation is 1. The van der Waals surface area contributed by atoms with Crippen molar-refractivity contribution in [3.05, 3.63) is 30.1 Å². The lowest BCUT2D eigenvalue weighted by atomic mass is 10.2. The van der Waals surface area contributed by atoms with Gasteiger partial charge in [0.2, 0.25) is 0 Å². The van der Waals surface area contributed by atoms with Gasteiger partial charge in [0.05, 0.1) is 17.4 Å². The summed E-state index contributed by atoms with van der Waals surface area (Å²) < 4.78 is 2.04. The van der Waals surface area contributed by atoms with Gasteiger partial charge in [0.25, 0.3) is 0 Å². The third kappa shape index (κ3) is 1.56. The van der Waals surface area contributed by atoms with Crippen molar-refractivity contribution in [3.8, 4) is 0 Å². The average molecular weight is 192 g/mol. The van der Waals surface area contributed by atoms with Crippen LogP contribution in [0.4, 0.5) is 0 Å². The summed E-state index contributed by atoms with van der Waals surface area (Å²) in [4.78, 5) is 4.31. The van der Waals surface area contributed by atoms with Crippen LogP contribution < -0.4 is 0 Å². The normalized spacial score (nSPS) is 10.9. The second-order valence-electron chi connectivity index (χ2n) is 3.11. The van der Waals surface area contributed by atoms with Crippen LogP contribution >= 0.6 is 11.8 Å². The quantitative estimate of drug-likeness (QED) is 0.727. The smallest absolute Gasteiger partial charge is 0.0955 e. The highest BCUT2D eigenvalue weighted by molar-refractivity contribution is 7.97. The zero-order valence-corrected chi connectivity index (χ0v) is 8.64. The molecule has 0 atom stereocenters. The first-order valence-corrected chi connectivity index (χ1v) is 5.59. The number of fused-ring (bicyclic) bond motifs is 1. The van der Waals surface area contributed by atoms with E-state index in [2.05, 4.69) is 29.4 Å². The van der Waals surface area contributed by atoms with Crippen LogP contribution in [0.25, 0.3) is 11.0 Å². The van der Waals surface area contributed by atoms with E-state index >= 15 is 0 Å². The first-order valence-electron chi connectivity index (χ1n) is 4.20. The average Bonchev–Trinajstić information content (AvgIpc) is 2.48. The molecule has 0 spiro atoms. The fourth-order valence-electron chi connectivity index (χ4n) is 1.44. The topological polar surface area (TPSA) is 17.8 Å². The molecule has 0 saturated heterocycles. The summed E-state index contributed by atoms with van der Waals surface area (Å²) >= 11 is 1.84. The fourth-order valence-corrected chi connectivity index (χ4v) is 1.95. The van der Waals surface area contributed by atoms with Crippen LogP contribution in [0.5, 0.6) is 0 Å². The Morgan fingerprint density at radius 1 is 1.46 bits per heavy atom. The van der Waals surface area contributed by atoms with Crippen LogP contribution in [0.1, 0.15) is 5.56 Å². The van der Waals surface area contributed by atoms with Gasteiger partial charge in [0.15, 0.2) is 0 Å². The van der Waals surface area contributed by atoms with E-state index in [9.17, 15) is 0 Å². The monoisotopic (exact) mass is 192 g/mol. The van der Waals surface area contributed by atoms with Crippen molar-refractivity contribution in [2.75, 3.05) is 6.26 Å². The number of aromatic nitrogens is 2. The van der Waals surface area contributed by atoms with Gasteiger partial charge >= 0.3 is 0 Å². The maximum absolute atomic E-state index is 4.31. The summed E-state index contributed by atoms with van der Waals surface area (Å²) in [6.07, 6.45) is 3.97. The molecule has 3 heteroatoms. The molecule has 0 amide bonds. The summed E-state index contributed by atoms with van der Waals surface area (Å²) in [5, 5.41) is 0. The Morgan fingerprint density at radius 2 is 2.31 bits per heavy atom. The minimum atomic E-state index is 1.06. The molecule has 0 aliphatic carbocycles. The van der Waals surface area contributed by atoms with Gasteiger partial charge < -0.3 is 4.57 Å². The first-order chi connectivity index (χ1) is 6.31. The molecule has 0 saturated carbocycles. The van der Waals surface area contributed by atoms with Crippen LogP contribution in [-0.4, -0.2) is 15.8 Å². The molecule has 2 nitrogen and oxygen atoms in total. The van der Waals surface area contributed by atoms with Crippen LogP contribution in [0, 0.1) is 0 Å². The Hall–Kier alpha value is -0.960. The number of thioether (sulfide) groups is 1. The number of imidazole rings is 1. The summed E-state index contributed by atoms with van der Waals surface area (Å²) in [5.41, 5.74) is 3.64. The minimum Gasteiger partial charge on any atom is -0.334 e. The Kier molecular flexibility index (Phi) is 2.27. The number of benzene rings is 1. The zero-order valence-electron chi connectivity index (χ0n) is 7.82. The highest BCUT2D eigenvalue weighted by Gasteiger charge is 1.99. The fraction of sp³-hybridized carbons (Fsp3) is 0.300. The highest BCUT2D eigenvalue weighted by Crippen LogP contribution is 2.16. The van der Waals surface area contributed by atoms with Crippen molar-refractivity contribution in [3.63, 3.8) is 0 Å². The molecule has 2 aromatic rings. The van der Waals surface area contributed by atoms with E-state index in [1.54, 1.807) is 0 Å². The molecule has 0 fully saturated rings. The summed E-state index contributed by atoms with van der Waals surface area (Å²) in [5.74, 6) is 1.06. The molecular weight excluding hydrogens is 180 g/mol. The molecule has 1 aromatic carbocycles. The van der Waals surface area contributed by atoms with Crippen molar-refractivity contribution >= 4 is 22.8 Å². The molecule has 1 heterocycles. The van der Waals surface area contributed by atoms with Crippen LogP contribution in [0.15, 0.2) is 24.5 Å². The van der Waals surface area contributed by atoms with Crippen molar-refractivity contribution in [2.45, 2.75) is 5.75 Å². The lowest BCUT2D eigenvalue weighted by molar-refractivity contribution is 0.947. The maximum Gasteiger partial charge on any atom is 0.0955 e. The summed E-state index contributed by atoms with van der Waals surface area (Å²) in [6.45, 7) is 0. The molecule has 0 N–H and O–H groups in total. The van der Waals surface area contributed by atoms with E-state index in [4.69, 9.17) is 0 Å². The van der Waals surface area contributed by atoms with E-state index in [1.807, 2.05) is 29.7 Å². The first kappa shape index (κ1) is 8.63. The van der Waals surface area contributed by atoms with E-state index < -0.39 is 0 Å². The van der Waals surface area contributed by atoms with Gasteiger partial charge in [-0.25, -0.2) is 4.98 Å². The van der Waals surface area contributed by atoms with Crippen LogP contribution in [0.2, 0.25) is 0 Å². The largest absolute Gasteiger partial charge is 0.334 e. The third-order valence-electron chi connectivity index (χ3n) is 2.10. The number of hydrogen-bond acceptors (Lipinski definition) is 2. The Labute approximate surface area is 82.0 Å². The van der Waals surface area contributed by atoms with Gasteiger partial charge in [0.1, 0.15) is 0 Å². The van der Waals surface area contributed by atoms with E-state index in [0.29, 0.717) is 0 Å². The highest BCUT2D eigenvalue weighted by atomic mass is 32.2.